The first-order valence-corrected chi connectivity index (χ1v) is 13.2. The SMILES string of the molecule is CC(=O)c1ccc2c(c1)[C@H]1[C@@H](Cl)[C@@H](Sc3ccccc3[N+](=O)[O-])C[C@H]1[C@H](c1ccc(Cl)cc1Cl)N2. The zero-order valence-corrected chi connectivity index (χ0v) is 21.7. The molecule has 0 aromatic heterocycles. The Hall–Kier alpha value is -2.25. The van der Waals surface area contributed by atoms with Crippen LogP contribution in [-0.2, 0) is 0 Å². The van der Waals surface area contributed by atoms with E-state index in [-0.39, 0.29) is 44.9 Å². The third-order valence-corrected chi connectivity index (χ3v) is 9.53. The molecule has 3 aromatic rings. The molecule has 0 unspecified atom stereocenters. The molecule has 0 bridgehead atoms. The number of para-hydroxylation sites is 1. The number of ketones is 1. The molecule has 5 nitrogen and oxygen atoms in total. The summed E-state index contributed by atoms with van der Waals surface area (Å²) in [5, 5.41) is 16.0. The lowest BCUT2D eigenvalue weighted by atomic mass is 9.76. The highest BCUT2D eigenvalue weighted by Crippen LogP contribution is 2.58. The van der Waals surface area contributed by atoms with Gasteiger partial charge in [-0.3, -0.25) is 14.9 Å². The number of nitro groups is 1. The fourth-order valence-corrected chi connectivity index (χ4v) is 7.74. The third kappa shape index (κ3) is 4.53. The Morgan fingerprint density at radius 2 is 1.86 bits per heavy atom. The Bertz CT molecular complexity index is 1330. The second kappa shape index (κ2) is 9.66. The number of nitrogens with one attached hydrogen (secondary N) is 1. The summed E-state index contributed by atoms with van der Waals surface area (Å²) in [6.07, 6.45) is 0.718. The Kier molecular flexibility index (Phi) is 6.75. The van der Waals surface area contributed by atoms with Gasteiger partial charge in [-0.05, 0) is 66.8 Å². The van der Waals surface area contributed by atoms with E-state index >= 15 is 0 Å². The molecule has 1 heterocycles. The van der Waals surface area contributed by atoms with Gasteiger partial charge in [-0.2, -0.15) is 0 Å². The second-order valence-electron chi connectivity index (χ2n) is 8.90. The number of Topliss-reactive ketones (excluding diaryl/α,β-unsaturated/α-hetero) is 1. The van der Waals surface area contributed by atoms with Crippen molar-refractivity contribution in [3.8, 4) is 0 Å². The topological polar surface area (TPSA) is 72.2 Å². The van der Waals surface area contributed by atoms with Crippen molar-refractivity contribution >= 4 is 63.7 Å². The molecule has 5 atom stereocenters. The number of fused-ring (bicyclic) bond motifs is 3. The van der Waals surface area contributed by atoms with Gasteiger partial charge in [0.15, 0.2) is 5.78 Å². The van der Waals surface area contributed by atoms with E-state index in [1.54, 1.807) is 31.2 Å². The number of anilines is 1. The number of hydrogen-bond donors (Lipinski definition) is 1. The summed E-state index contributed by atoms with van der Waals surface area (Å²) in [6.45, 7) is 1.55. The first kappa shape index (κ1) is 24.4. The lowest BCUT2D eigenvalue weighted by molar-refractivity contribution is -0.387. The Labute approximate surface area is 222 Å². The molecule has 180 valence electrons. The lowest BCUT2D eigenvalue weighted by Crippen LogP contribution is -2.31. The van der Waals surface area contributed by atoms with Crippen molar-refractivity contribution in [3.63, 3.8) is 0 Å². The normalized spacial score (nSPS) is 24.9. The third-order valence-electron chi connectivity index (χ3n) is 6.86. The van der Waals surface area contributed by atoms with Gasteiger partial charge in [-0.1, -0.05) is 41.4 Å². The maximum atomic E-state index is 12.1. The number of thioether (sulfide) groups is 1. The smallest absolute Gasteiger partial charge is 0.282 e. The van der Waals surface area contributed by atoms with Crippen LogP contribution < -0.4 is 5.32 Å². The minimum Gasteiger partial charge on any atom is -0.378 e. The number of carbonyl (C=O) groups excluding carboxylic acids is 1. The molecule has 3 aromatic carbocycles. The number of carbonyl (C=O) groups is 1. The van der Waals surface area contributed by atoms with Gasteiger partial charge in [-0.25, -0.2) is 0 Å². The highest BCUT2D eigenvalue weighted by molar-refractivity contribution is 8.00. The summed E-state index contributed by atoms with van der Waals surface area (Å²) >= 11 is 21.4. The molecule has 5 rings (SSSR count). The van der Waals surface area contributed by atoms with Crippen LogP contribution in [0.3, 0.4) is 0 Å². The summed E-state index contributed by atoms with van der Waals surface area (Å²) in [6, 6.07) is 17.8. The van der Waals surface area contributed by atoms with Crippen LogP contribution in [0.4, 0.5) is 11.4 Å². The van der Waals surface area contributed by atoms with Gasteiger partial charge in [0.2, 0.25) is 0 Å². The molecular formula is C26H21Cl3N2O3S. The van der Waals surface area contributed by atoms with Gasteiger partial charge in [0, 0.05) is 38.5 Å². The number of rotatable bonds is 5. The van der Waals surface area contributed by atoms with Gasteiger partial charge >= 0.3 is 0 Å². The number of halogens is 3. The largest absolute Gasteiger partial charge is 0.378 e. The molecule has 0 radical (unpaired) electrons. The summed E-state index contributed by atoms with van der Waals surface area (Å²) < 4.78 is 0. The van der Waals surface area contributed by atoms with E-state index in [4.69, 9.17) is 34.8 Å². The van der Waals surface area contributed by atoms with Crippen molar-refractivity contribution in [2.24, 2.45) is 5.92 Å². The maximum absolute atomic E-state index is 12.1. The van der Waals surface area contributed by atoms with Gasteiger partial charge in [0.05, 0.1) is 21.2 Å². The molecule has 0 spiro atoms. The van der Waals surface area contributed by atoms with Crippen LogP contribution in [0.25, 0.3) is 0 Å². The number of benzene rings is 3. The van der Waals surface area contributed by atoms with Gasteiger partial charge in [-0.15, -0.1) is 23.4 Å². The Morgan fingerprint density at radius 1 is 1.09 bits per heavy atom. The zero-order valence-electron chi connectivity index (χ0n) is 18.6. The van der Waals surface area contributed by atoms with Crippen LogP contribution in [-0.4, -0.2) is 21.3 Å². The fourth-order valence-electron chi connectivity index (χ4n) is 5.27. The first-order chi connectivity index (χ1) is 16.7. The van der Waals surface area contributed by atoms with E-state index in [0.29, 0.717) is 20.5 Å². The molecule has 9 heteroatoms. The highest BCUT2D eigenvalue weighted by Gasteiger charge is 2.50. The standard InChI is InChI=1S/C26H21Cl3N2O3S/c1-13(32)14-6-9-20-17(10-14)24-18(26(30-20)16-8-7-15(27)11-19(16)28)12-23(25(24)29)35-22-5-3-2-4-21(22)31(33)34/h2-11,18,23-26,30H,12H2,1H3/t18-,23+,24-,25+,26+/m1/s1. The van der Waals surface area contributed by atoms with E-state index in [1.165, 1.54) is 17.8 Å². The van der Waals surface area contributed by atoms with Crippen molar-refractivity contribution in [1.82, 2.24) is 0 Å². The van der Waals surface area contributed by atoms with Crippen LogP contribution >= 0.6 is 46.6 Å². The van der Waals surface area contributed by atoms with Crippen molar-refractivity contribution in [3.05, 3.63) is 97.5 Å². The highest BCUT2D eigenvalue weighted by atomic mass is 35.5. The van der Waals surface area contributed by atoms with Crippen molar-refractivity contribution in [2.75, 3.05) is 5.32 Å². The van der Waals surface area contributed by atoms with Crippen LogP contribution in [0.2, 0.25) is 10.0 Å². The number of nitrogens with zero attached hydrogens (tertiary/aromatic N) is 1. The molecule has 0 saturated heterocycles. The van der Waals surface area contributed by atoms with Gasteiger partial charge in [0.25, 0.3) is 5.69 Å². The van der Waals surface area contributed by atoms with E-state index in [1.807, 2.05) is 30.3 Å². The van der Waals surface area contributed by atoms with E-state index < -0.39 is 0 Å². The van der Waals surface area contributed by atoms with Crippen LogP contribution in [0.5, 0.6) is 0 Å². The van der Waals surface area contributed by atoms with Gasteiger partial charge in [0.1, 0.15) is 0 Å². The summed E-state index contributed by atoms with van der Waals surface area (Å²) in [4.78, 5) is 23.9. The zero-order chi connectivity index (χ0) is 24.9. The quantitative estimate of drug-likeness (QED) is 0.151. The number of alkyl halides is 1. The molecule has 1 saturated carbocycles. The predicted octanol–water partition coefficient (Wildman–Crippen LogP) is 8.14. The van der Waals surface area contributed by atoms with Crippen molar-refractivity contribution in [1.29, 1.82) is 0 Å². The van der Waals surface area contributed by atoms with E-state index in [2.05, 4.69) is 5.32 Å². The van der Waals surface area contributed by atoms with Crippen LogP contribution in [0.1, 0.15) is 46.8 Å². The van der Waals surface area contributed by atoms with Crippen molar-refractivity contribution in [2.45, 2.75) is 40.8 Å². The molecule has 35 heavy (non-hydrogen) atoms. The molecule has 1 N–H and O–H groups in total. The van der Waals surface area contributed by atoms with Crippen LogP contribution in [0.15, 0.2) is 65.6 Å². The minimum atomic E-state index is -0.361. The predicted molar refractivity (Wildman–Crippen MR) is 143 cm³/mol. The molecule has 1 aliphatic carbocycles. The first-order valence-electron chi connectivity index (χ1n) is 11.1. The molecule has 1 aliphatic heterocycles. The molecular weight excluding hydrogens is 527 g/mol. The van der Waals surface area contributed by atoms with E-state index in [9.17, 15) is 14.9 Å². The average Bonchev–Trinajstić information content (AvgIpc) is 3.15. The number of nitro benzene ring substituents is 1. The second-order valence-corrected chi connectivity index (χ2v) is 11.5. The average molecular weight is 548 g/mol. The lowest BCUT2D eigenvalue weighted by Gasteiger charge is -2.39. The van der Waals surface area contributed by atoms with Crippen molar-refractivity contribution < 1.29 is 9.72 Å². The monoisotopic (exact) mass is 546 g/mol. The minimum absolute atomic E-state index is 0.0119. The fraction of sp³-hybridized carbons (Fsp3) is 0.269. The van der Waals surface area contributed by atoms with E-state index in [0.717, 1.165) is 23.2 Å². The summed E-state index contributed by atoms with van der Waals surface area (Å²) in [7, 11) is 0. The molecule has 0 amide bonds. The summed E-state index contributed by atoms with van der Waals surface area (Å²) in [5.74, 6) is -0.0162. The molecule has 1 fully saturated rings. The number of hydrogen-bond acceptors (Lipinski definition) is 5. The Balaban J connectivity index is 1.58. The Morgan fingerprint density at radius 3 is 2.57 bits per heavy atom. The molecule has 2 aliphatic rings. The summed E-state index contributed by atoms with van der Waals surface area (Å²) in [5.41, 5.74) is 3.54. The van der Waals surface area contributed by atoms with Gasteiger partial charge < -0.3 is 5.32 Å². The maximum Gasteiger partial charge on any atom is 0.282 e. The van der Waals surface area contributed by atoms with Crippen LogP contribution in [0, 0.1) is 16.0 Å².